The van der Waals surface area contributed by atoms with E-state index in [1.165, 1.54) is 0 Å². The van der Waals surface area contributed by atoms with Gasteiger partial charge in [0.2, 0.25) is 5.88 Å². The van der Waals surface area contributed by atoms with Crippen LogP contribution in [-0.4, -0.2) is 52.2 Å². The van der Waals surface area contributed by atoms with E-state index in [1.54, 1.807) is 24.5 Å². The SMILES string of the molecule is CN1CC[C@H](Oc2ccc(C(=O)Nc3ccc4[nH]ncc4c3)cn2)C1. The minimum absolute atomic E-state index is 0.166. The van der Waals surface area contributed by atoms with Crippen molar-refractivity contribution in [1.82, 2.24) is 20.1 Å². The summed E-state index contributed by atoms with van der Waals surface area (Å²) in [5, 5.41) is 10.7. The highest BCUT2D eigenvalue weighted by Gasteiger charge is 2.21. The Morgan fingerprint density at radius 3 is 3.00 bits per heavy atom. The largest absolute Gasteiger partial charge is 0.473 e. The average Bonchev–Trinajstić information content (AvgIpc) is 3.24. The summed E-state index contributed by atoms with van der Waals surface area (Å²) in [5.74, 6) is 0.346. The fourth-order valence-electron chi connectivity index (χ4n) is 2.97. The van der Waals surface area contributed by atoms with Crippen molar-refractivity contribution in [2.24, 2.45) is 0 Å². The number of amides is 1. The third-order valence-electron chi connectivity index (χ3n) is 4.33. The number of carbonyl (C=O) groups is 1. The van der Waals surface area contributed by atoms with Crippen molar-refractivity contribution in [3.63, 3.8) is 0 Å². The Bertz CT molecular complexity index is 890. The number of ether oxygens (including phenoxy) is 1. The molecule has 25 heavy (non-hydrogen) atoms. The van der Waals surface area contributed by atoms with Crippen LogP contribution in [0, 0.1) is 0 Å². The molecular weight excluding hydrogens is 318 g/mol. The van der Waals surface area contributed by atoms with Crippen LogP contribution < -0.4 is 10.1 Å². The molecule has 4 rings (SSSR count). The lowest BCUT2D eigenvalue weighted by atomic mass is 10.2. The predicted octanol–water partition coefficient (Wildman–Crippen LogP) is 2.29. The number of aromatic nitrogens is 3. The van der Waals surface area contributed by atoms with Crippen LogP contribution >= 0.6 is 0 Å². The number of fused-ring (bicyclic) bond motifs is 1. The van der Waals surface area contributed by atoms with Crippen molar-refractivity contribution in [2.45, 2.75) is 12.5 Å². The summed E-state index contributed by atoms with van der Waals surface area (Å²) < 4.78 is 5.84. The molecule has 1 aliphatic heterocycles. The molecule has 1 atom stereocenters. The predicted molar refractivity (Wildman–Crippen MR) is 94.8 cm³/mol. The molecule has 128 valence electrons. The van der Waals surface area contributed by atoms with Gasteiger partial charge in [-0.05, 0) is 37.7 Å². The van der Waals surface area contributed by atoms with E-state index in [4.69, 9.17) is 4.74 Å². The van der Waals surface area contributed by atoms with Crippen LogP contribution in [0.2, 0.25) is 0 Å². The maximum Gasteiger partial charge on any atom is 0.257 e. The minimum atomic E-state index is -0.206. The van der Waals surface area contributed by atoms with Gasteiger partial charge >= 0.3 is 0 Å². The molecule has 2 N–H and O–H groups in total. The maximum absolute atomic E-state index is 12.4. The molecule has 0 unspecified atom stereocenters. The molecule has 7 heteroatoms. The first-order chi connectivity index (χ1) is 12.2. The highest BCUT2D eigenvalue weighted by Crippen LogP contribution is 2.19. The van der Waals surface area contributed by atoms with E-state index in [1.807, 2.05) is 18.2 Å². The minimum Gasteiger partial charge on any atom is -0.473 e. The Morgan fingerprint density at radius 1 is 1.32 bits per heavy atom. The first-order valence-electron chi connectivity index (χ1n) is 8.23. The number of likely N-dealkylation sites (N-methyl/N-ethyl adjacent to an activating group) is 1. The van der Waals surface area contributed by atoms with E-state index in [9.17, 15) is 4.79 Å². The summed E-state index contributed by atoms with van der Waals surface area (Å²) in [7, 11) is 2.07. The van der Waals surface area contributed by atoms with Crippen LogP contribution in [0.15, 0.2) is 42.7 Å². The number of likely N-dealkylation sites (tertiary alicyclic amines) is 1. The highest BCUT2D eigenvalue weighted by atomic mass is 16.5. The smallest absolute Gasteiger partial charge is 0.257 e. The lowest BCUT2D eigenvalue weighted by molar-refractivity contribution is 0.102. The zero-order valence-corrected chi connectivity index (χ0v) is 13.9. The van der Waals surface area contributed by atoms with Gasteiger partial charge in [-0.15, -0.1) is 0 Å². The topological polar surface area (TPSA) is 83.1 Å². The van der Waals surface area contributed by atoms with Crippen LogP contribution in [0.4, 0.5) is 5.69 Å². The van der Waals surface area contributed by atoms with Crippen LogP contribution in [0.1, 0.15) is 16.8 Å². The highest BCUT2D eigenvalue weighted by molar-refractivity contribution is 6.04. The van der Waals surface area contributed by atoms with Gasteiger partial charge in [-0.25, -0.2) is 4.98 Å². The second-order valence-corrected chi connectivity index (χ2v) is 6.30. The third-order valence-corrected chi connectivity index (χ3v) is 4.33. The molecule has 3 aromatic rings. The normalized spacial score (nSPS) is 17.7. The zero-order valence-electron chi connectivity index (χ0n) is 13.9. The van der Waals surface area contributed by atoms with E-state index in [2.05, 4.69) is 32.4 Å². The zero-order chi connectivity index (χ0) is 17.2. The first kappa shape index (κ1) is 15.6. The van der Waals surface area contributed by atoms with Crippen LogP contribution in [0.5, 0.6) is 5.88 Å². The summed E-state index contributed by atoms with van der Waals surface area (Å²) >= 11 is 0. The Kier molecular flexibility index (Phi) is 4.07. The summed E-state index contributed by atoms with van der Waals surface area (Å²) in [6.45, 7) is 1.94. The summed E-state index contributed by atoms with van der Waals surface area (Å²) in [6.07, 6.45) is 4.43. The number of benzene rings is 1. The summed E-state index contributed by atoms with van der Waals surface area (Å²) in [5.41, 5.74) is 2.13. The maximum atomic E-state index is 12.4. The number of rotatable bonds is 4. The Morgan fingerprint density at radius 2 is 2.24 bits per heavy atom. The van der Waals surface area contributed by atoms with E-state index < -0.39 is 0 Å². The molecule has 1 amide bonds. The van der Waals surface area contributed by atoms with Gasteiger partial charge in [0.1, 0.15) is 6.10 Å². The molecule has 3 heterocycles. The Labute approximate surface area is 145 Å². The number of aromatic amines is 1. The quantitative estimate of drug-likeness (QED) is 0.763. The number of nitrogens with one attached hydrogen (secondary N) is 2. The number of hydrogen-bond acceptors (Lipinski definition) is 5. The average molecular weight is 337 g/mol. The molecule has 0 bridgehead atoms. The van der Waals surface area contributed by atoms with Crippen molar-refractivity contribution in [3.05, 3.63) is 48.3 Å². The van der Waals surface area contributed by atoms with E-state index >= 15 is 0 Å². The molecule has 0 aliphatic carbocycles. The second-order valence-electron chi connectivity index (χ2n) is 6.30. The Balaban J connectivity index is 1.41. The van der Waals surface area contributed by atoms with Crippen LogP contribution in [0.3, 0.4) is 0 Å². The number of nitrogens with zero attached hydrogens (tertiary/aromatic N) is 3. The van der Waals surface area contributed by atoms with Crippen LogP contribution in [0.25, 0.3) is 10.9 Å². The number of H-pyrrole nitrogens is 1. The molecule has 0 spiro atoms. The lowest BCUT2D eigenvalue weighted by Crippen LogP contribution is -2.21. The van der Waals surface area contributed by atoms with Gasteiger partial charge in [0.25, 0.3) is 5.91 Å². The summed E-state index contributed by atoms with van der Waals surface area (Å²) in [4.78, 5) is 18.8. The van der Waals surface area contributed by atoms with Gasteiger partial charge in [0.05, 0.1) is 17.3 Å². The lowest BCUT2D eigenvalue weighted by Gasteiger charge is -2.13. The number of pyridine rings is 1. The summed E-state index contributed by atoms with van der Waals surface area (Å²) in [6, 6.07) is 9.06. The molecule has 1 saturated heterocycles. The van der Waals surface area contributed by atoms with E-state index in [0.717, 1.165) is 30.4 Å². The van der Waals surface area contributed by atoms with Crippen molar-refractivity contribution in [2.75, 3.05) is 25.5 Å². The van der Waals surface area contributed by atoms with Crippen molar-refractivity contribution >= 4 is 22.5 Å². The third kappa shape index (κ3) is 3.46. The standard InChI is InChI=1S/C18H19N5O2/c1-23-7-6-15(11-23)25-17-5-2-12(9-19-17)18(24)21-14-3-4-16-13(8-14)10-20-22-16/h2-5,8-10,15H,6-7,11H2,1H3,(H,20,22)(H,21,24)/t15-/m0/s1. The van der Waals surface area contributed by atoms with Crippen molar-refractivity contribution in [1.29, 1.82) is 0 Å². The molecule has 0 saturated carbocycles. The van der Waals surface area contributed by atoms with Gasteiger partial charge in [-0.3, -0.25) is 9.89 Å². The molecule has 0 radical (unpaired) electrons. The van der Waals surface area contributed by atoms with Crippen LogP contribution in [-0.2, 0) is 0 Å². The molecule has 1 fully saturated rings. The first-order valence-corrected chi connectivity index (χ1v) is 8.23. The van der Waals surface area contributed by atoms with Gasteiger partial charge in [0, 0.05) is 36.4 Å². The van der Waals surface area contributed by atoms with Crippen molar-refractivity contribution in [3.8, 4) is 5.88 Å². The molecule has 2 aromatic heterocycles. The monoisotopic (exact) mass is 337 g/mol. The molecule has 1 aliphatic rings. The number of hydrogen-bond donors (Lipinski definition) is 2. The fourth-order valence-corrected chi connectivity index (χ4v) is 2.97. The molecule has 7 nitrogen and oxygen atoms in total. The Hall–Kier alpha value is -2.93. The fraction of sp³-hybridized carbons (Fsp3) is 0.278. The van der Waals surface area contributed by atoms with Gasteiger partial charge in [-0.1, -0.05) is 0 Å². The van der Waals surface area contributed by atoms with E-state index in [0.29, 0.717) is 17.1 Å². The van der Waals surface area contributed by atoms with Gasteiger partial charge in [0.15, 0.2) is 0 Å². The molecule has 1 aromatic carbocycles. The number of carbonyl (C=O) groups excluding carboxylic acids is 1. The second kappa shape index (κ2) is 6.52. The number of anilines is 1. The van der Waals surface area contributed by atoms with Crippen molar-refractivity contribution < 1.29 is 9.53 Å². The van der Waals surface area contributed by atoms with E-state index in [-0.39, 0.29) is 12.0 Å². The van der Waals surface area contributed by atoms with Gasteiger partial charge < -0.3 is 15.0 Å². The molecular formula is C18H19N5O2. The van der Waals surface area contributed by atoms with Gasteiger partial charge in [-0.2, -0.15) is 5.10 Å².